The molecule has 2 N–H and O–H groups in total. The second kappa shape index (κ2) is 4.95. The minimum absolute atomic E-state index is 0.216. The number of piperidine rings is 1. The number of carbonyl (C=O) groups excluding carboxylic acids is 1. The van der Waals surface area contributed by atoms with Crippen LogP contribution in [0.2, 0.25) is 0 Å². The Hall–Kier alpha value is -1.10. The highest BCUT2D eigenvalue weighted by atomic mass is 16.7. The van der Waals surface area contributed by atoms with Gasteiger partial charge in [-0.3, -0.25) is 0 Å². The van der Waals surface area contributed by atoms with Crippen LogP contribution in [0.15, 0.2) is 5.16 Å². The van der Waals surface area contributed by atoms with Gasteiger partial charge in [-0.1, -0.05) is 5.16 Å². The first-order valence-electron chi connectivity index (χ1n) is 4.79. The molecule has 0 aromatic heterocycles. The first-order valence-corrected chi connectivity index (χ1v) is 4.79. The molecule has 0 saturated carbocycles. The molecule has 0 bridgehead atoms. The number of carbonyl (C=O) groups is 1. The predicted octanol–water partition coefficient (Wildman–Crippen LogP) is 0.164. The van der Waals surface area contributed by atoms with E-state index in [-0.39, 0.29) is 5.92 Å². The van der Waals surface area contributed by atoms with Crippen molar-refractivity contribution in [3.8, 4) is 0 Å². The van der Waals surface area contributed by atoms with Gasteiger partial charge in [-0.2, -0.15) is 0 Å². The first-order chi connectivity index (χ1) is 6.59. The Balaban J connectivity index is 2.46. The van der Waals surface area contributed by atoms with Crippen LogP contribution in [0.1, 0.15) is 19.8 Å². The largest absolute Gasteiger partial charge is 0.384 e. The molecule has 1 heterocycles. The molecule has 1 atom stereocenters. The Kier molecular flexibility index (Phi) is 3.88. The fraction of sp³-hybridized carbons (Fsp3) is 0.778. The standard InChI is InChI=1S/C9H17N3O2/c1-7(13)14-11-9(10)8-4-3-5-12(2)6-8/h8H,3-6H2,1-2H3,(H2,10,11). The van der Waals surface area contributed by atoms with Gasteiger partial charge in [0, 0.05) is 19.4 Å². The maximum atomic E-state index is 10.5. The van der Waals surface area contributed by atoms with Crippen molar-refractivity contribution in [2.24, 2.45) is 16.8 Å². The molecule has 1 unspecified atom stereocenters. The fourth-order valence-electron chi connectivity index (χ4n) is 1.60. The second-order valence-electron chi connectivity index (χ2n) is 3.70. The third kappa shape index (κ3) is 3.33. The summed E-state index contributed by atoms with van der Waals surface area (Å²) in [7, 11) is 2.05. The topological polar surface area (TPSA) is 67.9 Å². The zero-order chi connectivity index (χ0) is 10.6. The highest BCUT2D eigenvalue weighted by molar-refractivity contribution is 5.83. The number of amidine groups is 1. The van der Waals surface area contributed by atoms with Crippen molar-refractivity contribution in [1.29, 1.82) is 0 Å². The van der Waals surface area contributed by atoms with E-state index in [2.05, 4.69) is 14.9 Å². The number of nitrogens with zero attached hydrogens (tertiary/aromatic N) is 2. The van der Waals surface area contributed by atoms with Gasteiger partial charge in [-0.25, -0.2) is 4.79 Å². The van der Waals surface area contributed by atoms with Gasteiger partial charge in [0.1, 0.15) is 5.84 Å². The summed E-state index contributed by atoms with van der Waals surface area (Å²) >= 11 is 0. The first kappa shape index (κ1) is 11.0. The molecular weight excluding hydrogens is 182 g/mol. The molecule has 5 nitrogen and oxygen atoms in total. The minimum atomic E-state index is -0.433. The van der Waals surface area contributed by atoms with E-state index < -0.39 is 5.97 Å². The number of rotatable bonds is 2. The van der Waals surface area contributed by atoms with E-state index in [1.807, 2.05) is 7.05 Å². The van der Waals surface area contributed by atoms with E-state index in [0.717, 1.165) is 25.9 Å². The molecule has 0 amide bonds. The Labute approximate surface area is 83.9 Å². The van der Waals surface area contributed by atoms with Crippen molar-refractivity contribution in [3.05, 3.63) is 0 Å². The highest BCUT2D eigenvalue weighted by Crippen LogP contribution is 2.14. The molecule has 0 aliphatic carbocycles. The van der Waals surface area contributed by atoms with Crippen LogP contribution in [0.5, 0.6) is 0 Å². The van der Waals surface area contributed by atoms with Gasteiger partial charge in [0.15, 0.2) is 0 Å². The summed E-state index contributed by atoms with van der Waals surface area (Å²) in [5.74, 6) is 0.206. The maximum Gasteiger partial charge on any atom is 0.332 e. The second-order valence-corrected chi connectivity index (χ2v) is 3.70. The molecule has 1 rings (SSSR count). The Morgan fingerprint density at radius 2 is 2.36 bits per heavy atom. The van der Waals surface area contributed by atoms with Gasteiger partial charge in [-0.05, 0) is 26.4 Å². The van der Waals surface area contributed by atoms with Gasteiger partial charge in [-0.15, -0.1) is 0 Å². The fourth-order valence-corrected chi connectivity index (χ4v) is 1.60. The molecule has 1 fully saturated rings. The Bertz CT molecular complexity index is 240. The molecule has 14 heavy (non-hydrogen) atoms. The van der Waals surface area contributed by atoms with Gasteiger partial charge in [0.2, 0.25) is 0 Å². The number of hydrogen-bond donors (Lipinski definition) is 1. The van der Waals surface area contributed by atoms with Crippen LogP contribution >= 0.6 is 0 Å². The van der Waals surface area contributed by atoms with E-state index in [9.17, 15) is 4.79 Å². The van der Waals surface area contributed by atoms with Gasteiger partial charge < -0.3 is 15.5 Å². The molecule has 0 radical (unpaired) electrons. The molecule has 0 aromatic carbocycles. The van der Waals surface area contributed by atoms with Crippen molar-refractivity contribution in [3.63, 3.8) is 0 Å². The normalized spacial score (nSPS) is 24.7. The molecule has 0 spiro atoms. The van der Waals surface area contributed by atoms with Crippen LogP contribution < -0.4 is 5.73 Å². The molecule has 0 aromatic rings. The Morgan fingerprint density at radius 1 is 1.64 bits per heavy atom. The predicted molar refractivity (Wildman–Crippen MR) is 53.6 cm³/mol. The van der Waals surface area contributed by atoms with E-state index in [1.165, 1.54) is 6.92 Å². The van der Waals surface area contributed by atoms with Crippen LogP contribution in [0.4, 0.5) is 0 Å². The molecule has 1 saturated heterocycles. The Morgan fingerprint density at radius 3 is 2.93 bits per heavy atom. The molecule has 80 valence electrons. The molecule has 1 aliphatic heterocycles. The summed E-state index contributed by atoms with van der Waals surface area (Å²) < 4.78 is 0. The SMILES string of the molecule is CC(=O)O/N=C(/N)C1CCCN(C)C1. The summed E-state index contributed by atoms with van der Waals surface area (Å²) in [5.41, 5.74) is 5.71. The lowest BCUT2D eigenvalue weighted by Gasteiger charge is -2.28. The van der Waals surface area contributed by atoms with Crippen molar-refractivity contribution in [2.75, 3.05) is 20.1 Å². The third-order valence-electron chi connectivity index (χ3n) is 2.32. The van der Waals surface area contributed by atoms with Crippen LogP contribution in [-0.4, -0.2) is 36.8 Å². The van der Waals surface area contributed by atoms with Gasteiger partial charge >= 0.3 is 5.97 Å². The van der Waals surface area contributed by atoms with Crippen molar-refractivity contribution in [2.45, 2.75) is 19.8 Å². The summed E-state index contributed by atoms with van der Waals surface area (Å²) in [4.78, 5) is 17.2. The van der Waals surface area contributed by atoms with Gasteiger partial charge in [0.25, 0.3) is 0 Å². The molecular formula is C9H17N3O2. The van der Waals surface area contributed by atoms with Crippen molar-refractivity contribution >= 4 is 11.8 Å². The lowest BCUT2D eigenvalue weighted by molar-refractivity contribution is -0.141. The van der Waals surface area contributed by atoms with Crippen molar-refractivity contribution < 1.29 is 9.63 Å². The average molecular weight is 199 g/mol. The molecule has 1 aliphatic rings. The summed E-state index contributed by atoms with van der Waals surface area (Å²) in [6.07, 6.45) is 2.12. The zero-order valence-electron chi connectivity index (χ0n) is 8.69. The van der Waals surface area contributed by atoms with E-state index in [0.29, 0.717) is 5.84 Å². The average Bonchev–Trinajstić information content (AvgIpc) is 2.14. The van der Waals surface area contributed by atoms with E-state index in [1.54, 1.807) is 0 Å². The lowest BCUT2D eigenvalue weighted by Crippen LogP contribution is -2.39. The van der Waals surface area contributed by atoms with Gasteiger partial charge in [0.05, 0.1) is 0 Å². The summed E-state index contributed by atoms with van der Waals surface area (Å²) in [5, 5.41) is 3.60. The van der Waals surface area contributed by atoms with E-state index >= 15 is 0 Å². The number of nitrogens with two attached hydrogens (primary N) is 1. The quantitative estimate of drug-likeness (QED) is 0.298. The lowest BCUT2D eigenvalue weighted by atomic mass is 9.98. The van der Waals surface area contributed by atoms with E-state index in [4.69, 9.17) is 5.73 Å². The van der Waals surface area contributed by atoms with Crippen LogP contribution in [0.25, 0.3) is 0 Å². The monoisotopic (exact) mass is 199 g/mol. The van der Waals surface area contributed by atoms with Crippen LogP contribution in [-0.2, 0) is 9.63 Å². The van der Waals surface area contributed by atoms with Crippen LogP contribution in [0, 0.1) is 5.92 Å². The smallest absolute Gasteiger partial charge is 0.332 e. The van der Waals surface area contributed by atoms with Crippen LogP contribution in [0.3, 0.4) is 0 Å². The number of oxime groups is 1. The maximum absolute atomic E-state index is 10.5. The third-order valence-corrected chi connectivity index (χ3v) is 2.32. The highest BCUT2D eigenvalue weighted by Gasteiger charge is 2.20. The van der Waals surface area contributed by atoms with Crippen molar-refractivity contribution in [1.82, 2.24) is 4.90 Å². The number of likely N-dealkylation sites (tertiary alicyclic amines) is 1. The summed E-state index contributed by atoms with van der Waals surface area (Å²) in [6, 6.07) is 0. The molecule has 5 heteroatoms. The number of hydrogen-bond acceptors (Lipinski definition) is 4. The summed E-state index contributed by atoms with van der Waals surface area (Å²) in [6.45, 7) is 3.29. The minimum Gasteiger partial charge on any atom is -0.384 e. The zero-order valence-corrected chi connectivity index (χ0v) is 8.69.